The first kappa shape index (κ1) is 13.5. The lowest BCUT2D eigenvalue weighted by atomic mass is 10.0. The maximum absolute atomic E-state index is 11.9. The Morgan fingerprint density at radius 2 is 2.21 bits per heavy atom. The molecule has 0 saturated carbocycles. The second-order valence-corrected chi connectivity index (χ2v) is 4.88. The maximum Gasteiger partial charge on any atom is 0.241 e. The smallest absolute Gasteiger partial charge is 0.241 e. The van der Waals surface area contributed by atoms with E-state index in [4.69, 9.17) is 0 Å². The number of nitrogens with zero attached hydrogens (tertiary/aromatic N) is 1. The van der Waals surface area contributed by atoms with Crippen molar-refractivity contribution in [2.45, 2.75) is 25.4 Å². The molecule has 1 fully saturated rings. The lowest BCUT2D eigenvalue weighted by molar-refractivity contribution is -0.126. The zero-order valence-electron chi connectivity index (χ0n) is 11.1. The third-order valence-corrected chi connectivity index (χ3v) is 3.46. The Morgan fingerprint density at radius 3 is 2.89 bits per heavy atom. The molecule has 0 bridgehead atoms. The molecule has 100 valence electrons. The Balaban J connectivity index is 2.08. The number of nitrogens with one attached hydrogen (secondary N) is 1. The number of aldehydes is 1. The summed E-state index contributed by atoms with van der Waals surface area (Å²) in [7, 11) is 1.90. The van der Waals surface area contributed by atoms with Crippen molar-refractivity contribution in [3.05, 3.63) is 47.7 Å². The van der Waals surface area contributed by atoms with Crippen LogP contribution >= 0.6 is 0 Å². The van der Waals surface area contributed by atoms with E-state index in [1.807, 2.05) is 30.1 Å². The highest BCUT2D eigenvalue weighted by Crippen LogP contribution is 2.18. The number of hydrogen-bond donors (Lipinski definition) is 1. The third kappa shape index (κ3) is 3.09. The monoisotopic (exact) mass is 258 g/mol. The van der Waals surface area contributed by atoms with Gasteiger partial charge in [0.15, 0.2) is 0 Å². The van der Waals surface area contributed by atoms with Crippen LogP contribution in [0, 0.1) is 0 Å². The topological polar surface area (TPSA) is 49.4 Å². The van der Waals surface area contributed by atoms with Crippen molar-refractivity contribution in [1.29, 1.82) is 0 Å². The Morgan fingerprint density at radius 1 is 1.47 bits per heavy atom. The molecule has 1 aromatic rings. The predicted molar refractivity (Wildman–Crippen MR) is 73.6 cm³/mol. The van der Waals surface area contributed by atoms with Crippen LogP contribution in [-0.2, 0) is 11.3 Å². The predicted octanol–water partition coefficient (Wildman–Crippen LogP) is 1.72. The van der Waals surface area contributed by atoms with Gasteiger partial charge in [0.05, 0.1) is 6.04 Å². The van der Waals surface area contributed by atoms with Crippen LogP contribution in [0.1, 0.15) is 28.8 Å². The van der Waals surface area contributed by atoms with Gasteiger partial charge in [0.2, 0.25) is 5.91 Å². The highest BCUT2D eigenvalue weighted by Gasteiger charge is 2.27. The summed E-state index contributed by atoms with van der Waals surface area (Å²) < 4.78 is 0. The molecule has 1 atom stereocenters. The minimum absolute atomic E-state index is 0.0117. The van der Waals surface area contributed by atoms with Crippen LogP contribution in [0.4, 0.5) is 0 Å². The van der Waals surface area contributed by atoms with Crippen molar-refractivity contribution in [1.82, 2.24) is 10.2 Å². The Kier molecular flexibility index (Phi) is 4.12. The molecule has 19 heavy (non-hydrogen) atoms. The van der Waals surface area contributed by atoms with Crippen molar-refractivity contribution >= 4 is 12.2 Å². The number of amides is 1. The molecule has 4 nitrogen and oxygen atoms in total. The molecule has 0 radical (unpaired) electrons. The van der Waals surface area contributed by atoms with Gasteiger partial charge in [0.1, 0.15) is 6.29 Å². The van der Waals surface area contributed by atoms with E-state index in [0.29, 0.717) is 12.1 Å². The molecular weight excluding hydrogens is 240 g/mol. The number of carbonyl (C=O) groups is 2. The normalized spacial score (nSPS) is 19.4. The maximum atomic E-state index is 11.9. The van der Waals surface area contributed by atoms with E-state index in [2.05, 4.69) is 11.9 Å². The summed E-state index contributed by atoms with van der Waals surface area (Å²) in [6.07, 6.45) is 2.42. The van der Waals surface area contributed by atoms with Gasteiger partial charge in [-0.05, 0) is 25.5 Å². The average molecular weight is 258 g/mol. The molecule has 1 aromatic carbocycles. The average Bonchev–Trinajstić information content (AvgIpc) is 2.39. The van der Waals surface area contributed by atoms with Crippen LogP contribution in [0.15, 0.2) is 36.5 Å². The van der Waals surface area contributed by atoms with Crippen LogP contribution in [0.3, 0.4) is 0 Å². The van der Waals surface area contributed by atoms with E-state index in [9.17, 15) is 9.59 Å². The Labute approximate surface area is 113 Å². The molecule has 1 unspecified atom stereocenters. The van der Waals surface area contributed by atoms with Crippen LogP contribution in [0.2, 0.25) is 0 Å². The van der Waals surface area contributed by atoms with Crippen LogP contribution in [0.25, 0.3) is 0 Å². The van der Waals surface area contributed by atoms with E-state index in [0.717, 1.165) is 30.4 Å². The quantitative estimate of drug-likeness (QED) is 0.837. The standard InChI is InChI=1S/C15H18N2O2/c1-11-7-8-14(15(19)16-11)17(2)9-12-5-3-4-6-13(12)10-18/h3-6,10,14H,1,7-9H2,2H3,(H,16,19). The van der Waals surface area contributed by atoms with E-state index in [1.54, 1.807) is 6.07 Å². The summed E-state index contributed by atoms with van der Waals surface area (Å²) in [5.41, 5.74) is 2.40. The summed E-state index contributed by atoms with van der Waals surface area (Å²) in [4.78, 5) is 24.9. The fraction of sp³-hybridized carbons (Fsp3) is 0.333. The molecule has 1 saturated heterocycles. The Bertz CT molecular complexity index is 511. The van der Waals surface area contributed by atoms with Crippen LogP contribution in [-0.4, -0.2) is 30.2 Å². The van der Waals surface area contributed by atoms with Crippen molar-refractivity contribution in [3.63, 3.8) is 0 Å². The van der Waals surface area contributed by atoms with Crippen molar-refractivity contribution in [3.8, 4) is 0 Å². The first-order valence-corrected chi connectivity index (χ1v) is 6.34. The molecule has 0 aromatic heterocycles. The number of carbonyl (C=O) groups excluding carboxylic acids is 2. The van der Waals surface area contributed by atoms with Crippen LogP contribution in [0.5, 0.6) is 0 Å². The SMILES string of the molecule is C=C1CCC(N(C)Cc2ccccc2C=O)C(=O)N1. The molecule has 1 amide bonds. The largest absolute Gasteiger partial charge is 0.329 e. The second kappa shape index (κ2) is 5.80. The van der Waals surface area contributed by atoms with Gasteiger partial charge in [0, 0.05) is 17.8 Å². The molecule has 2 rings (SSSR count). The van der Waals surface area contributed by atoms with Gasteiger partial charge >= 0.3 is 0 Å². The van der Waals surface area contributed by atoms with Gasteiger partial charge in [0.25, 0.3) is 0 Å². The first-order valence-electron chi connectivity index (χ1n) is 6.34. The van der Waals surface area contributed by atoms with E-state index < -0.39 is 0 Å². The van der Waals surface area contributed by atoms with Crippen LogP contribution < -0.4 is 5.32 Å². The van der Waals surface area contributed by atoms with Gasteiger partial charge in [-0.2, -0.15) is 0 Å². The van der Waals surface area contributed by atoms with Gasteiger partial charge in [-0.15, -0.1) is 0 Å². The number of allylic oxidation sites excluding steroid dienone is 1. The van der Waals surface area contributed by atoms with Gasteiger partial charge in [-0.1, -0.05) is 30.8 Å². The third-order valence-electron chi connectivity index (χ3n) is 3.46. The molecule has 1 aliphatic rings. The molecule has 4 heteroatoms. The fourth-order valence-corrected chi connectivity index (χ4v) is 2.35. The van der Waals surface area contributed by atoms with Crippen molar-refractivity contribution in [2.75, 3.05) is 7.05 Å². The molecule has 1 aliphatic heterocycles. The highest BCUT2D eigenvalue weighted by atomic mass is 16.2. The van der Waals surface area contributed by atoms with E-state index in [1.165, 1.54) is 0 Å². The first-order chi connectivity index (χ1) is 9.11. The molecule has 0 spiro atoms. The summed E-state index contributed by atoms with van der Waals surface area (Å²) in [6.45, 7) is 4.36. The fourth-order valence-electron chi connectivity index (χ4n) is 2.35. The molecule has 0 aliphatic carbocycles. The number of rotatable bonds is 4. The van der Waals surface area contributed by atoms with Crippen molar-refractivity contribution < 1.29 is 9.59 Å². The zero-order chi connectivity index (χ0) is 13.8. The zero-order valence-corrected chi connectivity index (χ0v) is 11.1. The van der Waals surface area contributed by atoms with Gasteiger partial charge < -0.3 is 5.32 Å². The van der Waals surface area contributed by atoms with Crippen molar-refractivity contribution in [2.24, 2.45) is 0 Å². The minimum atomic E-state index is -0.162. The summed E-state index contributed by atoms with van der Waals surface area (Å²) >= 11 is 0. The number of benzene rings is 1. The number of hydrogen-bond acceptors (Lipinski definition) is 3. The number of piperidine rings is 1. The second-order valence-electron chi connectivity index (χ2n) is 4.88. The Hall–Kier alpha value is -1.94. The summed E-state index contributed by atoms with van der Waals surface area (Å²) in [6, 6.07) is 7.28. The summed E-state index contributed by atoms with van der Waals surface area (Å²) in [5.74, 6) is -0.0117. The minimum Gasteiger partial charge on any atom is -0.329 e. The molecular formula is C15H18N2O2. The van der Waals surface area contributed by atoms with E-state index in [-0.39, 0.29) is 11.9 Å². The lowest BCUT2D eigenvalue weighted by Crippen LogP contribution is -2.47. The van der Waals surface area contributed by atoms with E-state index >= 15 is 0 Å². The highest BCUT2D eigenvalue weighted by molar-refractivity contribution is 5.84. The van der Waals surface area contributed by atoms with Gasteiger partial charge in [-0.25, -0.2) is 0 Å². The summed E-state index contributed by atoms with van der Waals surface area (Å²) in [5, 5.41) is 2.78. The molecule has 1 N–H and O–H groups in total. The lowest BCUT2D eigenvalue weighted by Gasteiger charge is -2.31. The van der Waals surface area contributed by atoms with Gasteiger partial charge in [-0.3, -0.25) is 14.5 Å². The number of likely N-dealkylation sites (N-methyl/N-ethyl adjacent to an activating group) is 1. The molecule has 1 heterocycles.